The molecule has 20 heavy (non-hydrogen) atoms. The number of piperidine rings is 1. The van der Waals surface area contributed by atoms with E-state index in [4.69, 9.17) is 0 Å². The van der Waals surface area contributed by atoms with Crippen molar-refractivity contribution in [1.82, 2.24) is 10.2 Å². The first-order valence-corrected chi connectivity index (χ1v) is 8.29. The van der Waals surface area contributed by atoms with Gasteiger partial charge in [0.25, 0.3) is 0 Å². The fourth-order valence-electron chi connectivity index (χ4n) is 2.76. The van der Waals surface area contributed by atoms with Crippen LogP contribution >= 0.6 is 12.4 Å². The summed E-state index contributed by atoms with van der Waals surface area (Å²) in [5, 5.41) is 3.34. The van der Waals surface area contributed by atoms with Gasteiger partial charge in [0.1, 0.15) is 0 Å². The molecule has 1 aliphatic rings. The Morgan fingerprint density at radius 1 is 1.00 bits per heavy atom. The zero-order valence-corrected chi connectivity index (χ0v) is 14.1. The van der Waals surface area contributed by atoms with E-state index in [1.165, 1.54) is 38.5 Å². The molecule has 0 bridgehead atoms. The van der Waals surface area contributed by atoms with Crippen molar-refractivity contribution in [2.24, 2.45) is 5.92 Å². The van der Waals surface area contributed by atoms with Crippen LogP contribution < -0.4 is 5.32 Å². The van der Waals surface area contributed by atoms with Crippen molar-refractivity contribution >= 4 is 18.3 Å². The molecule has 1 rings (SSSR count). The molecule has 0 aromatic carbocycles. The van der Waals surface area contributed by atoms with Crippen LogP contribution in [0, 0.1) is 5.92 Å². The number of rotatable bonds is 9. The van der Waals surface area contributed by atoms with Gasteiger partial charge >= 0.3 is 0 Å². The molecule has 4 heteroatoms. The number of unbranched alkanes of at least 4 members (excludes halogenated alkanes) is 4. The van der Waals surface area contributed by atoms with Crippen molar-refractivity contribution in [1.29, 1.82) is 0 Å². The van der Waals surface area contributed by atoms with Crippen molar-refractivity contribution < 1.29 is 4.79 Å². The zero-order chi connectivity index (χ0) is 13.9. The number of hydrogen-bond acceptors (Lipinski definition) is 2. The van der Waals surface area contributed by atoms with E-state index in [0.717, 1.165) is 39.0 Å². The Kier molecular flexibility index (Phi) is 12.3. The smallest absolute Gasteiger partial charge is 0.225 e. The lowest BCUT2D eigenvalue weighted by Crippen LogP contribution is -2.42. The molecule has 0 saturated carbocycles. The van der Waals surface area contributed by atoms with E-state index in [1.54, 1.807) is 0 Å². The van der Waals surface area contributed by atoms with Crippen LogP contribution in [0.25, 0.3) is 0 Å². The highest BCUT2D eigenvalue weighted by molar-refractivity contribution is 5.85. The van der Waals surface area contributed by atoms with E-state index >= 15 is 0 Å². The van der Waals surface area contributed by atoms with Gasteiger partial charge < -0.3 is 10.2 Å². The lowest BCUT2D eigenvalue weighted by Gasteiger charge is -2.30. The van der Waals surface area contributed by atoms with Crippen LogP contribution in [0.15, 0.2) is 0 Å². The third kappa shape index (κ3) is 7.49. The van der Waals surface area contributed by atoms with Crippen LogP contribution in [0.3, 0.4) is 0 Å². The maximum atomic E-state index is 12.6. The van der Waals surface area contributed by atoms with Crippen molar-refractivity contribution in [3.05, 3.63) is 0 Å². The summed E-state index contributed by atoms with van der Waals surface area (Å²) >= 11 is 0. The summed E-state index contributed by atoms with van der Waals surface area (Å²) in [6, 6.07) is 0. The monoisotopic (exact) mass is 304 g/mol. The molecule has 1 aliphatic heterocycles. The largest absolute Gasteiger partial charge is 0.342 e. The van der Waals surface area contributed by atoms with Crippen LogP contribution in [-0.4, -0.2) is 37.0 Å². The normalized spacial score (nSPS) is 15.7. The molecule has 0 aromatic heterocycles. The second kappa shape index (κ2) is 12.5. The molecule has 0 atom stereocenters. The summed E-state index contributed by atoms with van der Waals surface area (Å²) in [4.78, 5) is 14.7. The molecular formula is C16H33ClN2O. The second-order valence-corrected chi connectivity index (χ2v) is 5.76. The third-order valence-corrected chi connectivity index (χ3v) is 4.06. The van der Waals surface area contributed by atoms with E-state index in [9.17, 15) is 4.79 Å². The Labute approximate surface area is 131 Å². The minimum absolute atomic E-state index is 0. The molecule has 0 spiro atoms. The molecule has 120 valence electrons. The highest BCUT2D eigenvalue weighted by atomic mass is 35.5. The number of carbonyl (C=O) groups excluding carboxylic acids is 1. The van der Waals surface area contributed by atoms with Crippen LogP contribution in [-0.2, 0) is 4.79 Å². The van der Waals surface area contributed by atoms with Crippen molar-refractivity contribution in [2.45, 2.75) is 65.2 Å². The van der Waals surface area contributed by atoms with Crippen LogP contribution in [0.5, 0.6) is 0 Å². The predicted molar refractivity (Wildman–Crippen MR) is 88.5 cm³/mol. The second-order valence-electron chi connectivity index (χ2n) is 5.76. The molecule has 1 heterocycles. The van der Waals surface area contributed by atoms with Crippen LogP contribution in [0.4, 0.5) is 0 Å². The molecule has 0 aromatic rings. The van der Waals surface area contributed by atoms with Gasteiger partial charge in [0.15, 0.2) is 0 Å². The number of hydrogen-bond donors (Lipinski definition) is 1. The van der Waals surface area contributed by atoms with Gasteiger partial charge in [0.05, 0.1) is 0 Å². The number of carbonyl (C=O) groups is 1. The minimum Gasteiger partial charge on any atom is -0.342 e. The van der Waals surface area contributed by atoms with Gasteiger partial charge in [0, 0.05) is 19.0 Å². The first-order chi connectivity index (χ1) is 9.29. The number of nitrogens with zero attached hydrogens (tertiary/aromatic N) is 1. The Hall–Kier alpha value is -0.280. The number of amides is 1. The molecule has 1 N–H and O–H groups in total. The van der Waals surface area contributed by atoms with Gasteiger partial charge in [-0.15, -0.1) is 12.4 Å². The number of nitrogens with one attached hydrogen (secondary N) is 1. The van der Waals surface area contributed by atoms with Crippen molar-refractivity contribution in [3.8, 4) is 0 Å². The summed E-state index contributed by atoms with van der Waals surface area (Å²) in [7, 11) is 0. The Morgan fingerprint density at radius 3 is 1.95 bits per heavy atom. The fraction of sp³-hybridized carbons (Fsp3) is 0.938. The van der Waals surface area contributed by atoms with Gasteiger partial charge in [-0.2, -0.15) is 0 Å². The first-order valence-electron chi connectivity index (χ1n) is 8.29. The average Bonchev–Trinajstić information content (AvgIpc) is 2.46. The molecule has 3 nitrogen and oxygen atoms in total. The third-order valence-electron chi connectivity index (χ3n) is 4.06. The highest BCUT2D eigenvalue weighted by Gasteiger charge is 2.25. The summed E-state index contributed by atoms with van der Waals surface area (Å²) < 4.78 is 0. The summed E-state index contributed by atoms with van der Waals surface area (Å²) in [5.41, 5.74) is 0. The maximum absolute atomic E-state index is 12.6. The Bertz CT molecular complexity index is 233. The number of halogens is 1. The molecule has 1 saturated heterocycles. The van der Waals surface area contributed by atoms with E-state index < -0.39 is 0 Å². The maximum Gasteiger partial charge on any atom is 0.225 e. The van der Waals surface area contributed by atoms with Gasteiger partial charge in [-0.05, 0) is 38.8 Å². The molecule has 0 radical (unpaired) electrons. The molecular weight excluding hydrogens is 272 g/mol. The highest BCUT2D eigenvalue weighted by Crippen LogP contribution is 2.16. The Morgan fingerprint density at radius 2 is 1.50 bits per heavy atom. The lowest BCUT2D eigenvalue weighted by molar-refractivity contribution is -0.136. The van der Waals surface area contributed by atoms with E-state index in [0.29, 0.717) is 5.91 Å². The van der Waals surface area contributed by atoms with E-state index in [2.05, 4.69) is 24.1 Å². The summed E-state index contributed by atoms with van der Waals surface area (Å²) in [6.07, 6.45) is 9.31. The van der Waals surface area contributed by atoms with Crippen molar-refractivity contribution in [3.63, 3.8) is 0 Å². The molecule has 0 unspecified atom stereocenters. The first kappa shape index (κ1) is 19.7. The topological polar surface area (TPSA) is 32.3 Å². The van der Waals surface area contributed by atoms with Gasteiger partial charge in [-0.3, -0.25) is 4.79 Å². The van der Waals surface area contributed by atoms with Gasteiger partial charge in [0.2, 0.25) is 5.91 Å². The molecule has 1 amide bonds. The van der Waals surface area contributed by atoms with Gasteiger partial charge in [-0.1, -0.05) is 39.5 Å². The molecule has 0 aliphatic carbocycles. The minimum atomic E-state index is 0. The van der Waals surface area contributed by atoms with E-state index in [-0.39, 0.29) is 18.3 Å². The SMILES string of the molecule is CCCCCN(CCCCC)C(=O)C1CCNCC1.Cl. The van der Waals surface area contributed by atoms with Crippen LogP contribution in [0.2, 0.25) is 0 Å². The zero-order valence-electron chi connectivity index (χ0n) is 13.3. The Balaban J connectivity index is 0.00000361. The summed E-state index contributed by atoms with van der Waals surface area (Å²) in [6.45, 7) is 8.40. The van der Waals surface area contributed by atoms with Crippen LogP contribution in [0.1, 0.15) is 65.2 Å². The van der Waals surface area contributed by atoms with Gasteiger partial charge in [-0.25, -0.2) is 0 Å². The quantitative estimate of drug-likeness (QED) is 0.660. The standard InChI is InChI=1S/C16H32N2O.ClH/c1-3-5-7-13-18(14-8-6-4-2)16(19)15-9-11-17-12-10-15;/h15,17H,3-14H2,1-2H3;1H. The summed E-state index contributed by atoms with van der Waals surface area (Å²) in [5.74, 6) is 0.707. The fourth-order valence-corrected chi connectivity index (χ4v) is 2.76. The lowest BCUT2D eigenvalue weighted by atomic mass is 9.96. The molecule has 1 fully saturated rings. The predicted octanol–water partition coefficient (Wildman–Crippen LogP) is 3.62. The van der Waals surface area contributed by atoms with Crippen molar-refractivity contribution in [2.75, 3.05) is 26.2 Å². The van der Waals surface area contributed by atoms with E-state index in [1.807, 2.05) is 0 Å². The average molecular weight is 305 g/mol.